The number of para-hydroxylation sites is 1. The molecule has 30 heavy (non-hydrogen) atoms. The largest absolute Gasteiger partial charge is 0.484 e. The van der Waals surface area contributed by atoms with Crippen LogP contribution < -0.4 is 10.5 Å². The first-order valence-electron chi connectivity index (χ1n) is 9.97. The van der Waals surface area contributed by atoms with Gasteiger partial charge in [-0.1, -0.05) is 41.9 Å². The summed E-state index contributed by atoms with van der Waals surface area (Å²) in [6.45, 7) is 0.642. The van der Waals surface area contributed by atoms with E-state index in [1.165, 1.54) is 0 Å². The van der Waals surface area contributed by atoms with E-state index in [0.29, 0.717) is 17.3 Å². The van der Waals surface area contributed by atoms with E-state index in [9.17, 15) is 4.79 Å². The van der Waals surface area contributed by atoms with Crippen molar-refractivity contribution >= 4 is 23.5 Å². The lowest BCUT2D eigenvalue weighted by molar-refractivity contribution is -0.137. The Morgan fingerprint density at radius 3 is 2.67 bits per heavy atom. The first-order valence-corrected chi connectivity index (χ1v) is 10.4. The van der Waals surface area contributed by atoms with Gasteiger partial charge in [-0.3, -0.25) is 4.79 Å². The molecule has 1 atom stereocenters. The zero-order valence-electron chi connectivity index (χ0n) is 16.5. The Morgan fingerprint density at radius 1 is 1.13 bits per heavy atom. The van der Waals surface area contributed by atoms with Crippen molar-refractivity contribution < 1.29 is 9.53 Å². The van der Waals surface area contributed by atoms with Gasteiger partial charge in [0.05, 0.1) is 11.7 Å². The summed E-state index contributed by atoms with van der Waals surface area (Å²) in [6.07, 6.45) is 4.50. The summed E-state index contributed by atoms with van der Waals surface area (Å²) in [5.74, 6) is 0.802. The summed E-state index contributed by atoms with van der Waals surface area (Å²) in [5.41, 5.74) is 8.48. The van der Waals surface area contributed by atoms with Crippen molar-refractivity contribution in [2.75, 3.05) is 18.9 Å². The SMILES string of the molecule is Nc1ncc(-c2ccc(Cl)cc2)c([C@H]2CCCCN2C(=O)COc2ccccc2)n1. The van der Waals surface area contributed by atoms with Crippen LogP contribution in [0.1, 0.15) is 31.0 Å². The Balaban J connectivity index is 1.61. The molecule has 0 aliphatic carbocycles. The van der Waals surface area contributed by atoms with Gasteiger partial charge in [-0.2, -0.15) is 0 Å². The number of amides is 1. The van der Waals surface area contributed by atoms with Crippen LogP contribution in [0.5, 0.6) is 5.75 Å². The van der Waals surface area contributed by atoms with Gasteiger partial charge in [0.2, 0.25) is 5.95 Å². The van der Waals surface area contributed by atoms with E-state index in [-0.39, 0.29) is 24.5 Å². The van der Waals surface area contributed by atoms with Crippen molar-refractivity contribution in [1.82, 2.24) is 14.9 Å². The van der Waals surface area contributed by atoms with Crippen LogP contribution in [0.15, 0.2) is 60.8 Å². The van der Waals surface area contributed by atoms with E-state index >= 15 is 0 Å². The standard InChI is InChI=1S/C23H23ClN4O2/c24-17-11-9-16(10-12-17)19-14-26-23(25)27-22(19)20-8-4-5-13-28(20)21(29)15-30-18-6-2-1-3-7-18/h1-3,6-7,9-12,14,20H,4-5,8,13,15H2,(H2,25,26,27)/t20-/m1/s1. The van der Waals surface area contributed by atoms with Crippen molar-refractivity contribution in [2.24, 2.45) is 0 Å². The number of piperidine rings is 1. The summed E-state index contributed by atoms with van der Waals surface area (Å²) in [5, 5.41) is 0.657. The molecular formula is C23H23ClN4O2. The maximum Gasteiger partial charge on any atom is 0.261 e. The maximum atomic E-state index is 13.0. The number of nitrogens with zero attached hydrogens (tertiary/aromatic N) is 3. The number of ether oxygens (including phenoxy) is 1. The molecular weight excluding hydrogens is 400 g/mol. The highest BCUT2D eigenvalue weighted by molar-refractivity contribution is 6.30. The van der Waals surface area contributed by atoms with Crippen LogP contribution in [0.3, 0.4) is 0 Å². The summed E-state index contributed by atoms with van der Waals surface area (Å²) in [7, 11) is 0. The number of likely N-dealkylation sites (tertiary alicyclic amines) is 1. The predicted molar refractivity (Wildman–Crippen MR) is 117 cm³/mol. The zero-order chi connectivity index (χ0) is 20.9. The average molecular weight is 423 g/mol. The lowest BCUT2D eigenvalue weighted by atomic mass is 9.94. The Labute approximate surface area is 180 Å². The number of benzene rings is 2. The Bertz CT molecular complexity index is 1010. The lowest BCUT2D eigenvalue weighted by Crippen LogP contribution is -2.41. The first kappa shape index (κ1) is 20.2. The molecule has 7 heteroatoms. The number of nitrogen functional groups attached to an aromatic ring is 1. The van der Waals surface area contributed by atoms with E-state index in [1.54, 1.807) is 6.20 Å². The molecule has 2 aromatic carbocycles. The molecule has 0 bridgehead atoms. The van der Waals surface area contributed by atoms with E-state index in [2.05, 4.69) is 9.97 Å². The van der Waals surface area contributed by atoms with Crippen LogP contribution in [-0.2, 0) is 4.79 Å². The van der Waals surface area contributed by atoms with Crippen LogP contribution in [0, 0.1) is 0 Å². The third-order valence-corrected chi connectivity index (χ3v) is 5.49. The molecule has 3 aromatic rings. The number of hydrogen-bond acceptors (Lipinski definition) is 5. The van der Waals surface area contributed by atoms with Crippen LogP contribution >= 0.6 is 11.6 Å². The van der Waals surface area contributed by atoms with Gasteiger partial charge in [0.1, 0.15) is 5.75 Å². The summed E-state index contributed by atoms with van der Waals surface area (Å²) in [6, 6.07) is 16.7. The Kier molecular flexibility index (Phi) is 6.14. The van der Waals surface area contributed by atoms with E-state index in [1.807, 2.05) is 59.5 Å². The van der Waals surface area contributed by atoms with Crippen LogP contribution in [0.2, 0.25) is 5.02 Å². The highest BCUT2D eigenvalue weighted by atomic mass is 35.5. The molecule has 2 N–H and O–H groups in total. The smallest absolute Gasteiger partial charge is 0.261 e. The molecule has 6 nitrogen and oxygen atoms in total. The molecule has 1 amide bonds. The Hall–Kier alpha value is -3.12. The van der Waals surface area contributed by atoms with Gasteiger partial charge in [-0.05, 0) is 49.1 Å². The topological polar surface area (TPSA) is 81.3 Å². The summed E-state index contributed by atoms with van der Waals surface area (Å²) < 4.78 is 5.69. The molecule has 0 spiro atoms. The molecule has 1 aliphatic rings. The second-order valence-electron chi connectivity index (χ2n) is 7.23. The molecule has 1 fully saturated rings. The van der Waals surface area contributed by atoms with Crippen molar-refractivity contribution in [3.05, 3.63) is 71.5 Å². The number of hydrogen-bond donors (Lipinski definition) is 1. The fraction of sp³-hybridized carbons (Fsp3) is 0.261. The van der Waals surface area contributed by atoms with Crippen molar-refractivity contribution in [3.63, 3.8) is 0 Å². The van der Waals surface area contributed by atoms with Gasteiger partial charge >= 0.3 is 0 Å². The van der Waals surface area contributed by atoms with Gasteiger partial charge in [0, 0.05) is 23.3 Å². The maximum absolute atomic E-state index is 13.0. The third-order valence-electron chi connectivity index (χ3n) is 5.24. The minimum atomic E-state index is -0.179. The van der Waals surface area contributed by atoms with Gasteiger partial charge in [0.25, 0.3) is 5.91 Å². The van der Waals surface area contributed by atoms with Crippen molar-refractivity contribution in [2.45, 2.75) is 25.3 Å². The van der Waals surface area contributed by atoms with Crippen molar-refractivity contribution in [1.29, 1.82) is 0 Å². The molecule has 0 unspecified atom stereocenters. The molecule has 0 radical (unpaired) electrons. The number of rotatable bonds is 5. The quantitative estimate of drug-likeness (QED) is 0.654. The molecule has 2 heterocycles. The lowest BCUT2D eigenvalue weighted by Gasteiger charge is -2.36. The van der Waals surface area contributed by atoms with Crippen molar-refractivity contribution in [3.8, 4) is 16.9 Å². The Morgan fingerprint density at radius 2 is 1.90 bits per heavy atom. The number of carbonyl (C=O) groups is 1. The zero-order valence-corrected chi connectivity index (χ0v) is 17.3. The monoisotopic (exact) mass is 422 g/mol. The molecule has 1 aliphatic heterocycles. The number of carbonyl (C=O) groups excluding carboxylic acids is 1. The highest BCUT2D eigenvalue weighted by Gasteiger charge is 2.31. The minimum Gasteiger partial charge on any atom is -0.484 e. The highest BCUT2D eigenvalue weighted by Crippen LogP contribution is 2.36. The van der Waals surface area contributed by atoms with Crippen LogP contribution in [-0.4, -0.2) is 33.9 Å². The van der Waals surface area contributed by atoms with Gasteiger partial charge < -0.3 is 15.4 Å². The molecule has 1 saturated heterocycles. The molecule has 4 rings (SSSR count). The van der Waals surface area contributed by atoms with Crippen LogP contribution in [0.4, 0.5) is 5.95 Å². The molecule has 1 aromatic heterocycles. The number of halogens is 1. The number of nitrogens with two attached hydrogens (primary N) is 1. The third kappa shape index (κ3) is 4.54. The predicted octanol–water partition coefficient (Wildman–Crippen LogP) is 4.51. The van der Waals surface area contributed by atoms with E-state index in [0.717, 1.165) is 36.1 Å². The van der Waals surface area contributed by atoms with Gasteiger partial charge in [-0.15, -0.1) is 0 Å². The molecule has 0 saturated carbocycles. The second kappa shape index (κ2) is 9.13. The fourth-order valence-electron chi connectivity index (χ4n) is 3.77. The van der Waals surface area contributed by atoms with E-state index in [4.69, 9.17) is 22.1 Å². The second-order valence-corrected chi connectivity index (χ2v) is 7.67. The van der Waals surface area contributed by atoms with E-state index < -0.39 is 0 Å². The normalized spacial score (nSPS) is 16.3. The molecule has 154 valence electrons. The van der Waals surface area contributed by atoms with Gasteiger partial charge in [0.15, 0.2) is 6.61 Å². The van der Waals surface area contributed by atoms with Gasteiger partial charge in [-0.25, -0.2) is 9.97 Å². The number of aromatic nitrogens is 2. The summed E-state index contributed by atoms with van der Waals surface area (Å²) in [4.78, 5) is 23.6. The number of anilines is 1. The van der Waals surface area contributed by atoms with Crippen LogP contribution in [0.25, 0.3) is 11.1 Å². The minimum absolute atomic E-state index is 0.0165. The summed E-state index contributed by atoms with van der Waals surface area (Å²) >= 11 is 6.04. The fourth-order valence-corrected chi connectivity index (χ4v) is 3.90. The first-order chi connectivity index (χ1) is 14.6. The average Bonchev–Trinajstić information content (AvgIpc) is 2.79.